The average Bonchev–Trinajstić information content (AvgIpc) is 3.34. The lowest BCUT2D eigenvalue weighted by atomic mass is 9.65. The van der Waals surface area contributed by atoms with Gasteiger partial charge >= 0.3 is 0 Å². The first-order valence-corrected chi connectivity index (χ1v) is 11.9. The number of rotatable bonds is 6. The van der Waals surface area contributed by atoms with Crippen LogP contribution >= 0.6 is 0 Å². The van der Waals surface area contributed by atoms with Crippen LogP contribution in [0.5, 0.6) is 0 Å². The van der Waals surface area contributed by atoms with Crippen molar-refractivity contribution in [2.75, 3.05) is 0 Å². The number of aliphatic hydroxyl groups is 1. The largest absolute Gasteiger partial charge is 0.389 e. The van der Waals surface area contributed by atoms with Crippen molar-refractivity contribution in [1.29, 1.82) is 0 Å². The van der Waals surface area contributed by atoms with E-state index in [2.05, 4.69) is 18.1 Å². The number of fused-ring (bicyclic) bond motifs is 2. The van der Waals surface area contributed by atoms with E-state index in [1.165, 1.54) is 17.7 Å². The van der Waals surface area contributed by atoms with Gasteiger partial charge in [-0.05, 0) is 86.1 Å². The van der Waals surface area contributed by atoms with Crippen LogP contribution in [0.2, 0.25) is 0 Å². The normalized spacial score (nSPS) is 24.3. The summed E-state index contributed by atoms with van der Waals surface area (Å²) < 4.78 is 15.2. The van der Waals surface area contributed by atoms with E-state index < -0.39 is 5.60 Å². The highest BCUT2D eigenvalue weighted by molar-refractivity contribution is 5.81. The molecule has 0 aliphatic heterocycles. The Labute approximate surface area is 199 Å². The molecule has 0 saturated heterocycles. The minimum absolute atomic E-state index is 0.275. The molecule has 1 heterocycles. The molecule has 2 aliphatic rings. The van der Waals surface area contributed by atoms with Crippen LogP contribution in [-0.4, -0.2) is 26.4 Å². The van der Waals surface area contributed by atoms with E-state index in [9.17, 15) is 14.3 Å². The molecule has 3 atom stereocenters. The number of nitrogens with two attached hydrogens (primary N) is 1. The number of benzene rings is 2. The fourth-order valence-corrected chi connectivity index (χ4v) is 5.80. The Morgan fingerprint density at radius 1 is 1.24 bits per heavy atom. The predicted octanol–water partition coefficient (Wildman–Crippen LogP) is 4.70. The molecule has 3 N–H and O–H groups in total. The third kappa shape index (κ3) is 3.57. The summed E-state index contributed by atoms with van der Waals surface area (Å²) in [6.07, 6.45) is 7.51. The molecule has 5 nitrogen and oxygen atoms in total. The monoisotopic (exact) mass is 459 g/mol. The Morgan fingerprint density at radius 2 is 1.97 bits per heavy atom. The molecule has 1 saturated carbocycles. The van der Waals surface area contributed by atoms with Gasteiger partial charge in [0.05, 0.1) is 29.1 Å². The maximum Gasteiger partial charge on any atom is 0.224 e. The summed E-state index contributed by atoms with van der Waals surface area (Å²) in [5, 5.41) is 16.5. The lowest BCUT2D eigenvalue weighted by molar-refractivity contribution is -0.119. The highest BCUT2D eigenvalue weighted by Crippen LogP contribution is 2.56. The molecule has 3 aromatic rings. The van der Waals surface area contributed by atoms with Crippen LogP contribution in [-0.2, 0) is 17.6 Å². The van der Waals surface area contributed by atoms with E-state index in [0.717, 1.165) is 34.5 Å². The number of nitrogens with zero attached hydrogens (tertiary/aromatic N) is 2. The number of halogens is 1. The second-order valence-electron chi connectivity index (χ2n) is 9.98. The standard InChI is InChI=1S/C28H30FN3O2/c1-18(26(30)33)24-6-4-3-5-19(24)11-13-28(34)14-12-21-15-25-20(16-27(21,28)2)17-31-32(25)23-9-7-22(29)8-10-23/h3-10,15,17-18,34H,11-14,16H2,1-2H3,(H2,30,33). The van der Waals surface area contributed by atoms with Crippen LogP contribution in [0, 0.1) is 11.2 Å². The van der Waals surface area contributed by atoms with Crippen molar-refractivity contribution in [2.24, 2.45) is 11.1 Å². The summed E-state index contributed by atoms with van der Waals surface area (Å²) in [4.78, 5) is 11.8. The number of carbonyl (C=O) groups is 1. The lowest BCUT2D eigenvalue weighted by Crippen LogP contribution is -2.45. The molecule has 3 unspecified atom stereocenters. The maximum atomic E-state index is 13.4. The molecule has 1 amide bonds. The number of hydrogen-bond donors (Lipinski definition) is 2. The number of aromatic nitrogens is 2. The zero-order chi connectivity index (χ0) is 24.1. The summed E-state index contributed by atoms with van der Waals surface area (Å²) in [5.74, 6) is -0.986. The van der Waals surface area contributed by atoms with E-state index in [-0.39, 0.29) is 23.1 Å². The van der Waals surface area contributed by atoms with Crippen molar-refractivity contribution in [1.82, 2.24) is 9.78 Å². The van der Waals surface area contributed by atoms with Gasteiger partial charge in [-0.1, -0.05) is 36.8 Å². The molecule has 5 rings (SSSR count). The van der Waals surface area contributed by atoms with Gasteiger partial charge in [-0.3, -0.25) is 4.79 Å². The number of carbonyl (C=O) groups excluding carboxylic acids is 1. The third-order valence-corrected chi connectivity index (χ3v) is 8.11. The first-order valence-electron chi connectivity index (χ1n) is 11.9. The smallest absolute Gasteiger partial charge is 0.224 e. The van der Waals surface area contributed by atoms with Crippen LogP contribution in [0.4, 0.5) is 4.39 Å². The Balaban J connectivity index is 1.42. The summed E-state index contributed by atoms with van der Waals surface area (Å²) in [6.45, 7) is 3.98. The maximum absolute atomic E-state index is 13.4. The molecule has 2 aliphatic carbocycles. The molecule has 1 aromatic heterocycles. The van der Waals surface area contributed by atoms with Crippen LogP contribution in [0.15, 0.2) is 60.3 Å². The van der Waals surface area contributed by atoms with Gasteiger partial charge in [0, 0.05) is 5.41 Å². The van der Waals surface area contributed by atoms with Gasteiger partial charge < -0.3 is 10.8 Å². The van der Waals surface area contributed by atoms with Gasteiger partial charge in [0.2, 0.25) is 5.91 Å². The highest BCUT2D eigenvalue weighted by atomic mass is 19.1. The average molecular weight is 460 g/mol. The van der Waals surface area contributed by atoms with Gasteiger partial charge in [0.1, 0.15) is 5.82 Å². The summed E-state index contributed by atoms with van der Waals surface area (Å²) in [5.41, 5.74) is 10.4. The Kier molecular flexibility index (Phi) is 5.44. The van der Waals surface area contributed by atoms with E-state index >= 15 is 0 Å². The van der Waals surface area contributed by atoms with Crippen LogP contribution in [0.25, 0.3) is 11.8 Å². The second kappa shape index (κ2) is 8.20. The molecule has 34 heavy (non-hydrogen) atoms. The molecule has 2 aromatic carbocycles. The van der Waals surface area contributed by atoms with Crippen molar-refractivity contribution in [3.8, 4) is 5.69 Å². The molecule has 0 spiro atoms. The van der Waals surface area contributed by atoms with E-state index in [1.807, 2.05) is 42.1 Å². The number of primary amides is 1. The predicted molar refractivity (Wildman–Crippen MR) is 130 cm³/mol. The third-order valence-electron chi connectivity index (χ3n) is 8.11. The van der Waals surface area contributed by atoms with Crippen LogP contribution in [0.3, 0.4) is 0 Å². The summed E-state index contributed by atoms with van der Waals surface area (Å²) in [6, 6.07) is 14.2. The lowest BCUT2D eigenvalue weighted by Gasteiger charge is -2.42. The molecule has 176 valence electrons. The molecule has 0 radical (unpaired) electrons. The Bertz CT molecular complexity index is 1280. The van der Waals surface area contributed by atoms with Gasteiger partial charge in [0.25, 0.3) is 0 Å². The van der Waals surface area contributed by atoms with Crippen molar-refractivity contribution in [3.05, 3.63) is 88.5 Å². The minimum Gasteiger partial charge on any atom is -0.389 e. The molecular weight excluding hydrogens is 429 g/mol. The number of aryl methyl sites for hydroxylation is 1. The first kappa shape index (κ1) is 22.5. The van der Waals surface area contributed by atoms with Gasteiger partial charge in [-0.25, -0.2) is 9.07 Å². The fourth-order valence-electron chi connectivity index (χ4n) is 5.80. The van der Waals surface area contributed by atoms with Gasteiger partial charge in [0.15, 0.2) is 0 Å². The molecule has 0 bridgehead atoms. The van der Waals surface area contributed by atoms with Gasteiger partial charge in [-0.15, -0.1) is 0 Å². The number of hydrogen-bond acceptors (Lipinski definition) is 3. The minimum atomic E-state index is -0.864. The van der Waals surface area contributed by atoms with E-state index in [0.29, 0.717) is 25.7 Å². The Hall–Kier alpha value is -3.25. The zero-order valence-corrected chi connectivity index (χ0v) is 19.6. The Morgan fingerprint density at radius 3 is 2.71 bits per heavy atom. The summed E-state index contributed by atoms with van der Waals surface area (Å²) >= 11 is 0. The number of amides is 1. The van der Waals surface area contributed by atoms with E-state index in [1.54, 1.807) is 12.1 Å². The van der Waals surface area contributed by atoms with Crippen molar-refractivity contribution in [3.63, 3.8) is 0 Å². The van der Waals surface area contributed by atoms with Crippen molar-refractivity contribution < 1.29 is 14.3 Å². The summed E-state index contributed by atoms with van der Waals surface area (Å²) in [7, 11) is 0. The quantitative estimate of drug-likeness (QED) is 0.560. The van der Waals surface area contributed by atoms with Crippen LogP contribution in [0.1, 0.15) is 61.4 Å². The highest BCUT2D eigenvalue weighted by Gasteiger charge is 2.54. The first-order chi connectivity index (χ1) is 16.2. The topological polar surface area (TPSA) is 81.1 Å². The molecular formula is C28H30FN3O2. The molecule has 6 heteroatoms. The second-order valence-corrected chi connectivity index (χ2v) is 9.98. The SMILES string of the molecule is CC(C(N)=O)c1ccccc1CCC1(O)CCC2=Cc3c(cnn3-c3ccc(F)cc3)CC21C. The molecule has 1 fully saturated rings. The fraction of sp³-hybridized carbons (Fsp3) is 0.357. The van der Waals surface area contributed by atoms with E-state index in [4.69, 9.17) is 5.73 Å². The zero-order valence-electron chi connectivity index (χ0n) is 19.6. The van der Waals surface area contributed by atoms with Gasteiger partial charge in [-0.2, -0.15) is 5.10 Å². The van der Waals surface area contributed by atoms with Crippen LogP contribution < -0.4 is 5.73 Å². The van der Waals surface area contributed by atoms with Crippen molar-refractivity contribution >= 4 is 12.0 Å². The van der Waals surface area contributed by atoms with Crippen molar-refractivity contribution in [2.45, 2.75) is 57.5 Å².